The molecule has 0 aromatic carbocycles. The van der Waals surface area contributed by atoms with Gasteiger partial charge in [0.1, 0.15) is 0 Å². The highest BCUT2D eigenvalue weighted by Gasteiger charge is 2.35. The highest BCUT2D eigenvalue weighted by molar-refractivity contribution is 7.10. The third-order valence-electron chi connectivity index (χ3n) is 4.92. The molecule has 2 fully saturated rings. The summed E-state index contributed by atoms with van der Waals surface area (Å²) in [5, 5.41) is 15.0. The zero-order chi connectivity index (χ0) is 14.7. The number of carbonyl (C=O) groups excluding carboxylic acids is 1. The summed E-state index contributed by atoms with van der Waals surface area (Å²) in [7, 11) is 0. The molecule has 1 aromatic heterocycles. The van der Waals surface area contributed by atoms with Crippen LogP contribution in [0.15, 0.2) is 17.5 Å². The molecular formula is C16H24N2O2S. The summed E-state index contributed by atoms with van der Waals surface area (Å²) >= 11 is 1.73. The minimum absolute atomic E-state index is 0.134. The molecule has 21 heavy (non-hydrogen) atoms. The van der Waals surface area contributed by atoms with Crippen molar-refractivity contribution in [2.24, 2.45) is 0 Å². The molecule has 4 nitrogen and oxygen atoms in total. The Hall–Kier alpha value is -0.910. The zero-order valence-electron chi connectivity index (χ0n) is 12.4. The molecule has 3 rings (SSSR count). The van der Waals surface area contributed by atoms with Gasteiger partial charge in [0.15, 0.2) is 0 Å². The Labute approximate surface area is 130 Å². The lowest BCUT2D eigenvalue weighted by Crippen LogP contribution is -2.50. The van der Waals surface area contributed by atoms with Gasteiger partial charge in [0.2, 0.25) is 5.91 Å². The Bertz CT molecular complexity index is 469. The first kappa shape index (κ1) is 15.0. The smallest absolute Gasteiger partial charge is 0.237 e. The van der Waals surface area contributed by atoms with Crippen LogP contribution in [0.2, 0.25) is 0 Å². The molecular weight excluding hydrogens is 284 g/mol. The van der Waals surface area contributed by atoms with Gasteiger partial charge in [-0.3, -0.25) is 4.79 Å². The van der Waals surface area contributed by atoms with Crippen LogP contribution in [-0.2, 0) is 4.79 Å². The number of likely N-dealkylation sites (tertiary alicyclic amines) is 1. The molecule has 0 spiro atoms. The second kappa shape index (κ2) is 6.46. The van der Waals surface area contributed by atoms with Crippen molar-refractivity contribution in [1.29, 1.82) is 0 Å². The van der Waals surface area contributed by atoms with Crippen LogP contribution >= 0.6 is 11.3 Å². The van der Waals surface area contributed by atoms with Gasteiger partial charge >= 0.3 is 0 Å². The zero-order valence-corrected chi connectivity index (χ0v) is 13.2. The van der Waals surface area contributed by atoms with E-state index in [1.807, 2.05) is 4.90 Å². The maximum atomic E-state index is 12.6. The van der Waals surface area contributed by atoms with E-state index in [1.165, 1.54) is 4.88 Å². The normalized spacial score (nSPS) is 24.6. The Kier molecular flexibility index (Phi) is 4.62. The molecule has 1 saturated carbocycles. The maximum Gasteiger partial charge on any atom is 0.237 e. The van der Waals surface area contributed by atoms with Crippen molar-refractivity contribution in [3.63, 3.8) is 0 Å². The predicted molar refractivity (Wildman–Crippen MR) is 84.3 cm³/mol. The molecule has 1 atom stereocenters. The molecule has 0 radical (unpaired) electrons. The standard InChI is InChI=1S/C16H24N2O2S/c19-12-16(7-1-2-8-16)17-11-15(20)18-9-3-5-13(18)14-6-4-10-21-14/h4,6,10,13,17,19H,1-3,5,7-9,11-12H2. The molecule has 1 amide bonds. The first-order valence-electron chi connectivity index (χ1n) is 7.93. The van der Waals surface area contributed by atoms with E-state index in [2.05, 4.69) is 22.8 Å². The summed E-state index contributed by atoms with van der Waals surface area (Å²) in [4.78, 5) is 15.9. The molecule has 116 valence electrons. The van der Waals surface area contributed by atoms with E-state index in [0.29, 0.717) is 6.54 Å². The molecule has 1 unspecified atom stereocenters. The second-order valence-corrected chi connectivity index (χ2v) is 7.24. The van der Waals surface area contributed by atoms with Crippen LogP contribution in [0.25, 0.3) is 0 Å². The summed E-state index contributed by atoms with van der Waals surface area (Å²) in [6.45, 7) is 1.34. The Morgan fingerprint density at radius 1 is 1.43 bits per heavy atom. The van der Waals surface area contributed by atoms with Gasteiger partial charge in [-0.2, -0.15) is 0 Å². The predicted octanol–water partition coefficient (Wildman–Crippen LogP) is 2.31. The van der Waals surface area contributed by atoms with Crippen molar-refractivity contribution in [3.8, 4) is 0 Å². The number of aliphatic hydroxyl groups is 1. The van der Waals surface area contributed by atoms with E-state index in [1.54, 1.807) is 11.3 Å². The molecule has 1 aliphatic carbocycles. The fourth-order valence-corrected chi connectivity index (χ4v) is 4.52. The lowest BCUT2D eigenvalue weighted by Gasteiger charge is -2.30. The fraction of sp³-hybridized carbons (Fsp3) is 0.688. The molecule has 0 bridgehead atoms. The fourth-order valence-electron chi connectivity index (χ4n) is 3.65. The number of thiophene rings is 1. The molecule has 1 aliphatic heterocycles. The molecule has 1 saturated heterocycles. The van der Waals surface area contributed by atoms with Gasteiger partial charge in [-0.15, -0.1) is 11.3 Å². The van der Waals surface area contributed by atoms with E-state index in [4.69, 9.17) is 0 Å². The first-order chi connectivity index (χ1) is 10.2. The molecule has 2 N–H and O–H groups in total. The van der Waals surface area contributed by atoms with Crippen LogP contribution in [0, 0.1) is 0 Å². The summed E-state index contributed by atoms with van der Waals surface area (Å²) in [6, 6.07) is 4.44. The average Bonchev–Trinajstić information content (AvgIpc) is 3.24. The van der Waals surface area contributed by atoms with E-state index >= 15 is 0 Å². The number of carbonyl (C=O) groups is 1. The topological polar surface area (TPSA) is 52.6 Å². The van der Waals surface area contributed by atoms with Crippen molar-refractivity contribution in [3.05, 3.63) is 22.4 Å². The van der Waals surface area contributed by atoms with Gasteiger partial charge in [-0.05, 0) is 37.1 Å². The molecule has 5 heteroatoms. The number of nitrogens with zero attached hydrogens (tertiary/aromatic N) is 1. The van der Waals surface area contributed by atoms with Crippen molar-refractivity contribution >= 4 is 17.2 Å². The number of amides is 1. The largest absolute Gasteiger partial charge is 0.394 e. The Morgan fingerprint density at radius 3 is 2.90 bits per heavy atom. The van der Waals surface area contributed by atoms with E-state index in [0.717, 1.165) is 45.1 Å². The second-order valence-electron chi connectivity index (χ2n) is 6.26. The summed E-state index contributed by atoms with van der Waals surface area (Å²) in [5.41, 5.74) is -0.214. The van der Waals surface area contributed by atoms with Crippen LogP contribution < -0.4 is 5.32 Å². The number of hydrogen-bond donors (Lipinski definition) is 2. The van der Waals surface area contributed by atoms with Gasteiger partial charge in [0.05, 0.1) is 19.2 Å². The lowest BCUT2D eigenvalue weighted by atomic mass is 9.99. The minimum atomic E-state index is -0.214. The number of nitrogens with one attached hydrogen (secondary N) is 1. The average molecular weight is 308 g/mol. The summed E-state index contributed by atoms with van der Waals surface area (Å²) in [6.07, 6.45) is 6.39. The number of hydrogen-bond acceptors (Lipinski definition) is 4. The van der Waals surface area contributed by atoms with Crippen LogP contribution in [0.3, 0.4) is 0 Å². The SMILES string of the molecule is O=C(CNC1(CO)CCCC1)N1CCCC1c1cccs1. The van der Waals surface area contributed by atoms with Crippen molar-refractivity contribution in [2.45, 2.75) is 50.1 Å². The van der Waals surface area contributed by atoms with Crippen molar-refractivity contribution in [1.82, 2.24) is 10.2 Å². The summed E-state index contributed by atoms with van der Waals surface area (Å²) < 4.78 is 0. The van der Waals surface area contributed by atoms with Crippen molar-refractivity contribution < 1.29 is 9.90 Å². The van der Waals surface area contributed by atoms with Crippen LogP contribution in [0.5, 0.6) is 0 Å². The van der Waals surface area contributed by atoms with Crippen molar-refractivity contribution in [2.75, 3.05) is 19.7 Å². The van der Waals surface area contributed by atoms with Gasteiger partial charge in [-0.1, -0.05) is 18.9 Å². The highest BCUT2D eigenvalue weighted by atomic mass is 32.1. The molecule has 2 heterocycles. The van der Waals surface area contributed by atoms with Gasteiger partial charge in [0.25, 0.3) is 0 Å². The van der Waals surface area contributed by atoms with Gasteiger partial charge in [-0.25, -0.2) is 0 Å². The molecule has 2 aliphatic rings. The quantitative estimate of drug-likeness (QED) is 0.877. The van der Waals surface area contributed by atoms with Gasteiger partial charge in [0, 0.05) is 17.0 Å². The van der Waals surface area contributed by atoms with Crippen LogP contribution in [-0.4, -0.2) is 41.1 Å². The van der Waals surface area contributed by atoms with Crippen LogP contribution in [0.1, 0.15) is 49.4 Å². The maximum absolute atomic E-state index is 12.6. The van der Waals surface area contributed by atoms with Crippen LogP contribution in [0.4, 0.5) is 0 Å². The minimum Gasteiger partial charge on any atom is -0.394 e. The first-order valence-corrected chi connectivity index (χ1v) is 8.81. The molecule has 1 aromatic rings. The van der Waals surface area contributed by atoms with E-state index < -0.39 is 0 Å². The Balaban J connectivity index is 1.60. The third-order valence-corrected chi connectivity index (χ3v) is 5.90. The van der Waals surface area contributed by atoms with E-state index in [-0.39, 0.29) is 24.1 Å². The Morgan fingerprint density at radius 2 is 2.24 bits per heavy atom. The third kappa shape index (κ3) is 3.15. The van der Waals surface area contributed by atoms with E-state index in [9.17, 15) is 9.90 Å². The van der Waals surface area contributed by atoms with Gasteiger partial charge < -0.3 is 15.3 Å². The monoisotopic (exact) mass is 308 g/mol. The lowest BCUT2D eigenvalue weighted by molar-refractivity contribution is -0.131. The summed E-state index contributed by atoms with van der Waals surface area (Å²) in [5.74, 6) is 0.172. The number of aliphatic hydroxyl groups excluding tert-OH is 1. The highest BCUT2D eigenvalue weighted by Crippen LogP contribution is 2.34. The number of rotatable bonds is 5.